The Hall–Kier alpha value is -2.80. The van der Waals surface area contributed by atoms with Crippen molar-refractivity contribution in [3.05, 3.63) is 53.1 Å². The van der Waals surface area contributed by atoms with Crippen LogP contribution in [0.5, 0.6) is 0 Å². The Morgan fingerprint density at radius 2 is 1.77 bits per heavy atom. The second-order valence-electron chi connectivity index (χ2n) is 7.79. The predicted molar refractivity (Wildman–Crippen MR) is 119 cm³/mol. The molecule has 7 heteroatoms. The number of hydrogen-bond acceptors (Lipinski definition) is 5. The smallest absolute Gasteiger partial charge is 0.338 e. The average Bonchev–Trinajstić information content (AvgIpc) is 2.71. The monoisotopic (exact) mass is 426 g/mol. The molecule has 1 aliphatic heterocycles. The van der Waals surface area contributed by atoms with Crippen molar-refractivity contribution in [3.8, 4) is 0 Å². The number of esters is 1. The van der Waals surface area contributed by atoms with Gasteiger partial charge in [0.05, 0.1) is 17.0 Å². The van der Waals surface area contributed by atoms with Crippen molar-refractivity contribution < 1.29 is 19.1 Å². The lowest BCUT2D eigenvalue weighted by Crippen LogP contribution is -2.23. The van der Waals surface area contributed by atoms with Gasteiger partial charge >= 0.3 is 5.97 Å². The summed E-state index contributed by atoms with van der Waals surface area (Å²) < 4.78 is 5.21. The van der Waals surface area contributed by atoms with Crippen LogP contribution in [0, 0.1) is 0 Å². The molecule has 2 amide bonds. The Morgan fingerprint density at radius 1 is 1.10 bits per heavy atom. The van der Waals surface area contributed by atoms with Crippen molar-refractivity contribution in [2.75, 3.05) is 23.0 Å². The van der Waals surface area contributed by atoms with Crippen LogP contribution in [-0.2, 0) is 14.3 Å². The summed E-state index contributed by atoms with van der Waals surface area (Å²) >= 11 is 1.42. The molecule has 6 nitrogen and oxygen atoms in total. The van der Waals surface area contributed by atoms with Crippen LogP contribution in [0.1, 0.15) is 61.0 Å². The van der Waals surface area contributed by atoms with Gasteiger partial charge in [-0.15, -0.1) is 11.8 Å². The molecule has 2 N–H and O–H groups in total. The number of nitrogens with one attached hydrogen (secondary N) is 2. The van der Waals surface area contributed by atoms with Crippen molar-refractivity contribution in [3.63, 3.8) is 0 Å². The highest BCUT2D eigenvalue weighted by atomic mass is 32.2. The lowest BCUT2D eigenvalue weighted by Gasteiger charge is -2.20. The van der Waals surface area contributed by atoms with Gasteiger partial charge in [-0.05, 0) is 41.2 Å². The highest BCUT2D eigenvalue weighted by Gasteiger charge is 2.20. The van der Waals surface area contributed by atoms with E-state index >= 15 is 0 Å². The fraction of sp³-hybridized carbons (Fsp3) is 0.348. The molecule has 0 aliphatic carbocycles. The predicted octanol–water partition coefficient (Wildman–Crippen LogP) is 4.77. The fourth-order valence-electron chi connectivity index (χ4n) is 3.30. The molecule has 30 heavy (non-hydrogen) atoms. The third-order valence-corrected chi connectivity index (χ3v) is 5.89. The number of fused-ring (bicyclic) bond motifs is 1. The lowest BCUT2D eigenvalue weighted by molar-refractivity contribution is -0.119. The Morgan fingerprint density at radius 3 is 2.40 bits per heavy atom. The van der Waals surface area contributed by atoms with Crippen LogP contribution in [0.3, 0.4) is 0 Å². The molecule has 3 rings (SSSR count). The topological polar surface area (TPSA) is 84.5 Å². The third-order valence-electron chi connectivity index (χ3n) is 4.82. The summed E-state index contributed by atoms with van der Waals surface area (Å²) in [5.74, 6) is -0.274. The first-order valence-electron chi connectivity index (χ1n) is 9.92. The van der Waals surface area contributed by atoms with Gasteiger partial charge in [-0.25, -0.2) is 4.79 Å². The highest BCUT2D eigenvalue weighted by Crippen LogP contribution is 2.33. The van der Waals surface area contributed by atoms with E-state index in [4.69, 9.17) is 4.74 Å². The highest BCUT2D eigenvalue weighted by molar-refractivity contribution is 8.00. The van der Waals surface area contributed by atoms with Crippen molar-refractivity contribution in [2.45, 2.75) is 44.4 Å². The number of amides is 2. The first-order chi connectivity index (χ1) is 14.3. The Bertz CT molecular complexity index is 959. The van der Waals surface area contributed by atoms with Gasteiger partial charge in [0.25, 0.3) is 5.91 Å². The van der Waals surface area contributed by atoms with Gasteiger partial charge in [0, 0.05) is 10.6 Å². The van der Waals surface area contributed by atoms with Crippen molar-refractivity contribution in [1.82, 2.24) is 0 Å². The average molecular weight is 427 g/mol. The standard InChI is InChI=1S/C23H26N2O4S/c1-13(2)16-6-5-7-17(14(3)4)22(16)25-20(26)11-29-23(28)15-8-9-19-18(10-15)24-21(27)12-30-19/h5-10,13-14H,11-12H2,1-4H3,(H,24,27)(H,25,26). The van der Waals surface area contributed by atoms with E-state index in [0.29, 0.717) is 11.4 Å². The number of ether oxygens (including phenoxy) is 1. The minimum absolute atomic E-state index is 0.109. The Kier molecular flexibility index (Phi) is 6.82. The van der Waals surface area contributed by atoms with E-state index in [-0.39, 0.29) is 35.8 Å². The van der Waals surface area contributed by atoms with Gasteiger partial charge in [-0.2, -0.15) is 0 Å². The molecule has 158 valence electrons. The zero-order valence-electron chi connectivity index (χ0n) is 17.6. The van der Waals surface area contributed by atoms with E-state index in [1.807, 2.05) is 18.2 Å². The van der Waals surface area contributed by atoms with E-state index in [2.05, 4.69) is 38.3 Å². The number of rotatable bonds is 6. The molecule has 0 unspecified atom stereocenters. The molecular weight excluding hydrogens is 400 g/mol. The molecule has 0 saturated heterocycles. The molecule has 2 aromatic carbocycles. The molecule has 0 radical (unpaired) electrons. The van der Waals surface area contributed by atoms with E-state index in [1.54, 1.807) is 18.2 Å². The van der Waals surface area contributed by atoms with Crippen LogP contribution < -0.4 is 10.6 Å². The van der Waals surface area contributed by atoms with Gasteiger partial charge in [0.15, 0.2) is 6.61 Å². The van der Waals surface area contributed by atoms with Crippen molar-refractivity contribution >= 4 is 40.9 Å². The fourth-order valence-corrected chi connectivity index (χ4v) is 4.08. The summed E-state index contributed by atoms with van der Waals surface area (Å²) in [6.45, 7) is 7.90. The Balaban J connectivity index is 1.68. The second-order valence-corrected chi connectivity index (χ2v) is 8.81. The van der Waals surface area contributed by atoms with Crippen molar-refractivity contribution in [2.24, 2.45) is 0 Å². The van der Waals surface area contributed by atoms with E-state index in [0.717, 1.165) is 21.7 Å². The van der Waals surface area contributed by atoms with Crippen LogP contribution in [0.15, 0.2) is 41.3 Å². The van der Waals surface area contributed by atoms with Crippen LogP contribution in [0.4, 0.5) is 11.4 Å². The molecular formula is C23H26N2O4S. The first-order valence-corrected chi connectivity index (χ1v) is 10.9. The van der Waals surface area contributed by atoms with Crippen LogP contribution >= 0.6 is 11.8 Å². The van der Waals surface area contributed by atoms with Crippen LogP contribution in [0.25, 0.3) is 0 Å². The zero-order chi connectivity index (χ0) is 21.8. The van der Waals surface area contributed by atoms with Crippen molar-refractivity contribution in [1.29, 1.82) is 0 Å². The second kappa shape index (κ2) is 9.34. The Labute approximate surface area is 180 Å². The SMILES string of the molecule is CC(C)c1cccc(C(C)C)c1NC(=O)COC(=O)c1ccc2c(c1)NC(=O)CS2. The number of anilines is 2. The summed E-state index contributed by atoms with van der Waals surface area (Å²) in [4.78, 5) is 37.4. The van der Waals surface area contributed by atoms with Gasteiger partial charge in [-0.1, -0.05) is 45.9 Å². The molecule has 0 saturated carbocycles. The van der Waals surface area contributed by atoms with Crippen LogP contribution in [-0.4, -0.2) is 30.1 Å². The maximum absolute atomic E-state index is 12.5. The molecule has 0 spiro atoms. The molecule has 0 atom stereocenters. The quantitative estimate of drug-likeness (QED) is 0.650. The molecule has 0 fully saturated rings. The largest absolute Gasteiger partial charge is 0.452 e. The van der Waals surface area contributed by atoms with Gasteiger partial charge in [-0.3, -0.25) is 9.59 Å². The summed E-state index contributed by atoms with van der Waals surface area (Å²) in [6.07, 6.45) is 0. The molecule has 1 heterocycles. The number of carbonyl (C=O) groups excluding carboxylic acids is 3. The minimum Gasteiger partial charge on any atom is -0.452 e. The summed E-state index contributed by atoms with van der Waals surface area (Å²) in [5.41, 5.74) is 3.75. The first kappa shape index (κ1) is 21.9. The summed E-state index contributed by atoms with van der Waals surface area (Å²) in [5, 5.41) is 5.67. The maximum atomic E-state index is 12.5. The molecule has 1 aliphatic rings. The molecule has 2 aromatic rings. The van der Waals surface area contributed by atoms with Gasteiger partial charge in [0.1, 0.15) is 0 Å². The third kappa shape index (κ3) is 5.02. The van der Waals surface area contributed by atoms with Crippen LogP contribution in [0.2, 0.25) is 0 Å². The normalized spacial score (nSPS) is 13.1. The van der Waals surface area contributed by atoms with Gasteiger partial charge < -0.3 is 15.4 Å². The number of hydrogen-bond donors (Lipinski definition) is 2. The molecule has 0 aromatic heterocycles. The number of thioether (sulfide) groups is 1. The van der Waals surface area contributed by atoms with E-state index in [1.165, 1.54) is 11.8 Å². The number of carbonyl (C=O) groups is 3. The zero-order valence-corrected chi connectivity index (χ0v) is 18.4. The van der Waals surface area contributed by atoms with E-state index in [9.17, 15) is 14.4 Å². The summed E-state index contributed by atoms with van der Waals surface area (Å²) in [7, 11) is 0. The summed E-state index contributed by atoms with van der Waals surface area (Å²) in [6, 6.07) is 11.0. The number of benzene rings is 2. The minimum atomic E-state index is -0.612. The molecule has 0 bridgehead atoms. The van der Waals surface area contributed by atoms with Gasteiger partial charge in [0.2, 0.25) is 5.91 Å². The number of para-hydroxylation sites is 1. The lowest BCUT2D eigenvalue weighted by atomic mass is 9.92. The van der Waals surface area contributed by atoms with E-state index < -0.39 is 5.97 Å². The maximum Gasteiger partial charge on any atom is 0.338 e.